The summed E-state index contributed by atoms with van der Waals surface area (Å²) in [6.45, 7) is 2.50. The summed E-state index contributed by atoms with van der Waals surface area (Å²) in [5.74, 6) is 1.24. The topological polar surface area (TPSA) is 31.4 Å². The maximum Gasteiger partial charge on any atom is 0.189 e. The van der Waals surface area contributed by atoms with Crippen LogP contribution in [0, 0.1) is 6.20 Å². The van der Waals surface area contributed by atoms with Gasteiger partial charge in [0, 0.05) is 12.3 Å². The van der Waals surface area contributed by atoms with Crippen LogP contribution in [0.3, 0.4) is 0 Å². The predicted molar refractivity (Wildman–Crippen MR) is 40.8 cm³/mol. The molecule has 0 spiro atoms. The number of aromatic nitrogens is 1. The molecule has 0 saturated carbocycles. The third-order valence-electron chi connectivity index (χ3n) is 1.20. The summed E-state index contributed by atoms with van der Waals surface area (Å²) < 4.78 is 10.2. The van der Waals surface area contributed by atoms with Crippen LogP contribution in [0.5, 0.6) is 11.5 Å². The lowest BCUT2D eigenvalue weighted by Crippen LogP contribution is -1.95. The number of hydrogen-bond acceptors (Lipinski definition) is 3. The van der Waals surface area contributed by atoms with E-state index < -0.39 is 0 Å². The van der Waals surface area contributed by atoms with Gasteiger partial charge in [-0.15, -0.1) is 0 Å². The van der Waals surface area contributed by atoms with E-state index in [9.17, 15) is 0 Å². The zero-order valence-electron chi connectivity index (χ0n) is 6.63. The van der Waals surface area contributed by atoms with Gasteiger partial charge in [0.1, 0.15) is 6.20 Å². The molecule has 0 atom stereocenters. The van der Waals surface area contributed by atoms with Crippen molar-refractivity contribution in [2.24, 2.45) is 0 Å². The van der Waals surface area contributed by atoms with Crippen LogP contribution in [-0.2, 0) is 0 Å². The van der Waals surface area contributed by atoms with Crippen LogP contribution >= 0.6 is 0 Å². The molecule has 1 radical (unpaired) electrons. The van der Waals surface area contributed by atoms with Gasteiger partial charge in [-0.2, -0.15) is 0 Å². The van der Waals surface area contributed by atoms with E-state index in [1.807, 2.05) is 6.92 Å². The zero-order valence-corrected chi connectivity index (χ0v) is 6.63. The Bertz CT molecular complexity index is 225. The van der Waals surface area contributed by atoms with Crippen molar-refractivity contribution in [1.29, 1.82) is 0 Å². The van der Waals surface area contributed by atoms with Crippen LogP contribution in [0.1, 0.15) is 6.92 Å². The SMILES string of the molecule is CCOc1[c]nccc1OC. The van der Waals surface area contributed by atoms with Gasteiger partial charge in [-0.1, -0.05) is 0 Å². The molecule has 0 aliphatic rings. The van der Waals surface area contributed by atoms with E-state index in [1.165, 1.54) is 0 Å². The van der Waals surface area contributed by atoms with Crippen LogP contribution in [0.15, 0.2) is 12.3 Å². The van der Waals surface area contributed by atoms with Gasteiger partial charge in [0.15, 0.2) is 11.5 Å². The number of hydrogen-bond donors (Lipinski definition) is 0. The quantitative estimate of drug-likeness (QED) is 0.654. The molecule has 0 N–H and O–H groups in total. The lowest BCUT2D eigenvalue weighted by molar-refractivity contribution is 0.308. The maximum atomic E-state index is 5.18. The van der Waals surface area contributed by atoms with Gasteiger partial charge >= 0.3 is 0 Å². The highest BCUT2D eigenvalue weighted by molar-refractivity contribution is 5.35. The molecule has 3 heteroatoms. The Morgan fingerprint density at radius 1 is 1.64 bits per heavy atom. The predicted octanol–water partition coefficient (Wildman–Crippen LogP) is 1.29. The average Bonchev–Trinajstić information content (AvgIpc) is 2.06. The molecule has 11 heavy (non-hydrogen) atoms. The third-order valence-corrected chi connectivity index (χ3v) is 1.20. The molecule has 0 fully saturated rings. The number of rotatable bonds is 3. The van der Waals surface area contributed by atoms with E-state index in [2.05, 4.69) is 11.2 Å². The van der Waals surface area contributed by atoms with Gasteiger partial charge in [-0.25, -0.2) is 0 Å². The van der Waals surface area contributed by atoms with E-state index in [4.69, 9.17) is 9.47 Å². The second-order valence-corrected chi connectivity index (χ2v) is 1.89. The first-order valence-corrected chi connectivity index (χ1v) is 3.42. The standard InChI is InChI=1S/C8H10NO2/c1-3-11-8-6-9-5-4-7(8)10-2/h4-5H,3H2,1-2H3. The fourth-order valence-electron chi connectivity index (χ4n) is 0.740. The molecule has 1 heterocycles. The lowest BCUT2D eigenvalue weighted by atomic mass is 10.4. The molecule has 1 aromatic heterocycles. The number of nitrogens with zero attached hydrogens (tertiary/aromatic N) is 1. The molecule has 1 aromatic rings. The van der Waals surface area contributed by atoms with E-state index in [0.717, 1.165) is 0 Å². The highest BCUT2D eigenvalue weighted by Gasteiger charge is 2.01. The van der Waals surface area contributed by atoms with Crippen LogP contribution < -0.4 is 9.47 Å². The highest BCUT2D eigenvalue weighted by Crippen LogP contribution is 2.23. The van der Waals surface area contributed by atoms with Crippen molar-refractivity contribution < 1.29 is 9.47 Å². The molecule has 0 bridgehead atoms. The smallest absolute Gasteiger partial charge is 0.189 e. The molecule has 59 valence electrons. The summed E-state index contributed by atoms with van der Waals surface area (Å²) in [4.78, 5) is 3.78. The summed E-state index contributed by atoms with van der Waals surface area (Å²) in [6, 6.07) is 1.74. The Morgan fingerprint density at radius 3 is 3.09 bits per heavy atom. The number of ether oxygens (including phenoxy) is 2. The van der Waals surface area contributed by atoms with E-state index in [0.29, 0.717) is 18.1 Å². The van der Waals surface area contributed by atoms with Crippen LogP contribution in [0.25, 0.3) is 0 Å². The van der Waals surface area contributed by atoms with Gasteiger partial charge < -0.3 is 9.47 Å². The summed E-state index contributed by atoms with van der Waals surface area (Å²) in [5, 5.41) is 0. The second kappa shape index (κ2) is 3.81. The van der Waals surface area contributed by atoms with Crippen molar-refractivity contribution in [3.8, 4) is 11.5 Å². The van der Waals surface area contributed by atoms with Crippen molar-refractivity contribution in [3.05, 3.63) is 18.5 Å². The van der Waals surface area contributed by atoms with Crippen molar-refractivity contribution in [2.75, 3.05) is 13.7 Å². The normalized spacial score (nSPS) is 9.27. The first-order valence-electron chi connectivity index (χ1n) is 3.42. The Labute approximate surface area is 66.0 Å². The Morgan fingerprint density at radius 2 is 2.45 bits per heavy atom. The summed E-state index contributed by atoms with van der Waals surface area (Å²) in [5.41, 5.74) is 0. The monoisotopic (exact) mass is 152 g/mol. The van der Waals surface area contributed by atoms with Gasteiger partial charge in [0.25, 0.3) is 0 Å². The van der Waals surface area contributed by atoms with Crippen molar-refractivity contribution in [2.45, 2.75) is 6.92 Å². The average molecular weight is 152 g/mol. The minimum atomic E-state index is 0.567. The summed E-state index contributed by atoms with van der Waals surface area (Å²) in [6.07, 6.45) is 4.30. The van der Waals surface area contributed by atoms with Gasteiger partial charge in [-0.3, -0.25) is 4.98 Å². The van der Waals surface area contributed by atoms with Crippen LogP contribution in [-0.4, -0.2) is 18.7 Å². The first kappa shape index (κ1) is 7.85. The summed E-state index contributed by atoms with van der Waals surface area (Å²) >= 11 is 0. The molecule has 0 aliphatic heterocycles. The van der Waals surface area contributed by atoms with Crippen LogP contribution in [0.4, 0.5) is 0 Å². The number of pyridine rings is 1. The molecule has 1 rings (SSSR count). The fourth-order valence-corrected chi connectivity index (χ4v) is 0.740. The van der Waals surface area contributed by atoms with Crippen molar-refractivity contribution in [1.82, 2.24) is 4.98 Å². The molecule has 0 unspecified atom stereocenters. The van der Waals surface area contributed by atoms with E-state index in [-0.39, 0.29) is 0 Å². The van der Waals surface area contributed by atoms with Gasteiger partial charge in [-0.05, 0) is 6.92 Å². The Kier molecular flexibility index (Phi) is 2.72. The van der Waals surface area contributed by atoms with Crippen molar-refractivity contribution in [3.63, 3.8) is 0 Å². The third kappa shape index (κ3) is 1.83. The largest absolute Gasteiger partial charge is 0.493 e. The summed E-state index contributed by atoms with van der Waals surface area (Å²) in [7, 11) is 1.59. The molecular formula is C8H10NO2. The fraction of sp³-hybridized carbons (Fsp3) is 0.375. The molecule has 3 nitrogen and oxygen atoms in total. The number of methoxy groups -OCH3 is 1. The van der Waals surface area contributed by atoms with E-state index >= 15 is 0 Å². The molecular weight excluding hydrogens is 142 g/mol. The zero-order chi connectivity index (χ0) is 8.10. The highest BCUT2D eigenvalue weighted by atomic mass is 16.5. The second-order valence-electron chi connectivity index (χ2n) is 1.89. The first-order chi connectivity index (χ1) is 5.38. The molecule has 0 saturated heterocycles. The molecule has 0 aromatic carbocycles. The Balaban J connectivity index is 2.83. The van der Waals surface area contributed by atoms with E-state index in [1.54, 1.807) is 19.4 Å². The molecule has 0 amide bonds. The minimum Gasteiger partial charge on any atom is -0.493 e. The van der Waals surface area contributed by atoms with Gasteiger partial charge in [0.05, 0.1) is 13.7 Å². The minimum absolute atomic E-state index is 0.567. The maximum absolute atomic E-state index is 5.18. The molecule has 0 aliphatic carbocycles. The lowest BCUT2D eigenvalue weighted by Gasteiger charge is -2.05. The Hall–Kier alpha value is -1.25. The van der Waals surface area contributed by atoms with Crippen LogP contribution in [0.2, 0.25) is 0 Å². The van der Waals surface area contributed by atoms with Crippen molar-refractivity contribution >= 4 is 0 Å². The van der Waals surface area contributed by atoms with Gasteiger partial charge in [0.2, 0.25) is 0 Å².